The minimum Gasteiger partial charge on any atom is -0.481 e. The predicted molar refractivity (Wildman–Crippen MR) is 79.8 cm³/mol. The minimum absolute atomic E-state index is 0.175. The molecule has 20 heavy (non-hydrogen) atoms. The largest absolute Gasteiger partial charge is 0.481 e. The summed E-state index contributed by atoms with van der Waals surface area (Å²) in [6, 6.07) is 3.75. The normalized spacial score (nSPS) is 11.8. The third-order valence-corrected chi connectivity index (χ3v) is 4.06. The maximum Gasteiger partial charge on any atom is 0.315 e. The van der Waals surface area contributed by atoms with Crippen LogP contribution >= 0.6 is 11.3 Å². The number of carbonyl (C=O) groups is 2. The van der Waals surface area contributed by atoms with Gasteiger partial charge in [-0.3, -0.25) is 4.79 Å². The lowest BCUT2D eigenvalue weighted by Gasteiger charge is -2.14. The summed E-state index contributed by atoms with van der Waals surface area (Å²) in [4.78, 5) is 23.2. The number of carbonyl (C=O) groups excluding carboxylic acids is 1. The molecule has 2 amide bonds. The molecule has 1 heterocycles. The second-order valence-corrected chi connectivity index (χ2v) is 5.72. The highest BCUT2D eigenvalue weighted by atomic mass is 32.1. The average molecular weight is 298 g/mol. The molecular weight excluding hydrogens is 276 g/mol. The van der Waals surface area contributed by atoms with Gasteiger partial charge in [0.15, 0.2) is 0 Å². The second kappa shape index (κ2) is 9.36. The van der Waals surface area contributed by atoms with Crippen LogP contribution in [0.15, 0.2) is 17.5 Å². The van der Waals surface area contributed by atoms with Gasteiger partial charge in [-0.1, -0.05) is 19.4 Å². The van der Waals surface area contributed by atoms with Crippen LogP contribution in [0.5, 0.6) is 0 Å². The molecule has 0 aliphatic heterocycles. The standard InChI is InChI=1S/C14H22N2O3S/c1-2-11(5-6-13(17)18)7-8-15-14(19)16-10-12-4-3-9-20-12/h3-4,9,11H,2,5-8,10H2,1H3,(H,17,18)(H2,15,16,19). The molecule has 0 saturated heterocycles. The first-order valence-corrected chi connectivity index (χ1v) is 7.75. The molecule has 1 rings (SSSR count). The number of rotatable bonds is 9. The van der Waals surface area contributed by atoms with Crippen LogP contribution in [0.1, 0.15) is 37.5 Å². The zero-order chi connectivity index (χ0) is 14.8. The summed E-state index contributed by atoms with van der Waals surface area (Å²) in [5.41, 5.74) is 0. The van der Waals surface area contributed by atoms with E-state index < -0.39 is 5.97 Å². The van der Waals surface area contributed by atoms with Gasteiger partial charge >= 0.3 is 12.0 Å². The molecule has 0 aliphatic carbocycles. The molecule has 0 aliphatic rings. The summed E-state index contributed by atoms with van der Waals surface area (Å²) in [7, 11) is 0. The molecule has 1 aromatic heterocycles. The van der Waals surface area contributed by atoms with Crippen molar-refractivity contribution in [3.8, 4) is 0 Å². The van der Waals surface area contributed by atoms with Gasteiger partial charge in [-0.25, -0.2) is 4.79 Å². The molecule has 6 heteroatoms. The van der Waals surface area contributed by atoms with E-state index in [1.165, 1.54) is 0 Å². The molecular formula is C14H22N2O3S. The van der Waals surface area contributed by atoms with Gasteiger partial charge in [0, 0.05) is 17.8 Å². The summed E-state index contributed by atoms with van der Waals surface area (Å²) in [5, 5.41) is 16.2. The molecule has 0 spiro atoms. The molecule has 112 valence electrons. The first-order valence-electron chi connectivity index (χ1n) is 6.87. The van der Waals surface area contributed by atoms with Gasteiger partial charge < -0.3 is 15.7 Å². The fourth-order valence-electron chi connectivity index (χ4n) is 1.91. The van der Waals surface area contributed by atoms with Crippen molar-refractivity contribution in [1.29, 1.82) is 0 Å². The highest BCUT2D eigenvalue weighted by Gasteiger charge is 2.09. The van der Waals surface area contributed by atoms with Crippen LogP contribution in [0.25, 0.3) is 0 Å². The minimum atomic E-state index is -0.759. The van der Waals surface area contributed by atoms with Crippen molar-refractivity contribution in [2.75, 3.05) is 6.54 Å². The molecule has 1 atom stereocenters. The van der Waals surface area contributed by atoms with Crippen LogP contribution in [-0.2, 0) is 11.3 Å². The summed E-state index contributed by atoms with van der Waals surface area (Å²) < 4.78 is 0. The van der Waals surface area contributed by atoms with E-state index in [2.05, 4.69) is 10.6 Å². The highest BCUT2D eigenvalue weighted by Crippen LogP contribution is 2.14. The molecule has 1 unspecified atom stereocenters. The van der Waals surface area contributed by atoms with Crippen molar-refractivity contribution < 1.29 is 14.7 Å². The summed E-state index contributed by atoms with van der Waals surface area (Å²) in [5.74, 6) is -0.409. The van der Waals surface area contributed by atoms with Crippen LogP contribution in [-0.4, -0.2) is 23.7 Å². The Morgan fingerprint density at radius 2 is 2.15 bits per heavy atom. The van der Waals surface area contributed by atoms with E-state index >= 15 is 0 Å². The zero-order valence-electron chi connectivity index (χ0n) is 11.7. The molecule has 0 bridgehead atoms. The van der Waals surface area contributed by atoms with Crippen LogP contribution in [0.4, 0.5) is 4.79 Å². The lowest BCUT2D eigenvalue weighted by molar-refractivity contribution is -0.137. The number of hydrogen-bond donors (Lipinski definition) is 3. The third kappa shape index (κ3) is 7.13. The Morgan fingerprint density at radius 1 is 1.35 bits per heavy atom. The fourth-order valence-corrected chi connectivity index (χ4v) is 2.56. The van der Waals surface area contributed by atoms with E-state index in [-0.39, 0.29) is 12.5 Å². The van der Waals surface area contributed by atoms with Crippen LogP contribution in [0, 0.1) is 5.92 Å². The number of thiophene rings is 1. The van der Waals surface area contributed by atoms with Gasteiger partial charge in [-0.15, -0.1) is 11.3 Å². The predicted octanol–water partition coefficient (Wildman–Crippen LogP) is 2.83. The van der Waals surface area contributed by atoms with E-state index in [4.69, 9.17) is 5.11 Å². The van der Waals surface area contributed by atoms with Crippen LogP contribution < -0.4 is 10.6 Å². The van der Waals surface area contributed by atoms with Crippen molar-refractivity contribution in [2.45, 2.75) is 39.2 Å². The fraction of sp³-hybridized carbons (Fsp3) is 0.571. The van der Waals surface area contributed by atoms with E-state index in [1.807, 2.05) is 24.4 Å². The quantitative estimate of drug-likeness (QED) is 0.656. The zero-order valence-corrected chi connectivity index (χ0v) is 12.5. The first kappa shape index (κ1) is 16.5. The highest BCUT2D eigenvalue weighted by molar-refractivity contribution is 7.09. The lowest BCUT2D eigenvalue weighted by Crippen LogP contribution is -2.36. The van der Waals surface area contributed by atoms with Crippen LogP contribution in [0.3, 0.4) is 0 Å². The number of carboxylic acid groups (broad SMARTS) is 1. The molecule has 0 aromatic carbocycles. The molecule has 0 fully saturated rings. The van der Waals surface area contributed by atoms with Crippen molar-refractivity contribution in [3.63, 3.8) is 0 Å². The summed E-state index contributed by atoms with van der Waals surface area (Å²) >= 11 is 1.61. The number of aliphatic carboxylic acids is 1. The Bertz CT molecular complexity index is 407. The molecule has 0 saturated carbocycles. The van der Waals surface area contributed by atoms with Gasteiger partial charge in [0.05, 0.1) is 6.54 Å². The van der Waals surface area contributed by atoms with E-state index in [0.29, 0.717) is 25.4 Å². The van der Waals surface area contributed by atoms with Gasteiger partial charge in [-0.2, -0.15) is 0 Å². The summed E-state index contributed by atoms with van der Waals surface area (Å²) in [6.45, 7) is 3.16. The number of carboxylic acids is 1. The van der Waals surface area contributed by atoms with Gasteiger partial charge in [0.25, 0.3) is 0 Å². The topological polar surface area (TPSA) is 78.4 Å². The van der Waals surface area contributed by atoms with E-state index in [9.17, 15) is 9.59 Å². The molecule has 3 N–H and O–H groups in total. The Hall–Kier alpha value is -1.56. The second-order valence-electron chi connectivity index (χ2n) is 4.68. The van der Waals surface area contributed by atoms with E-state index in [1.54, 1.807) is 11.3 Å². The first-order chi connectivity index (χ1) is 9.61. The maximum atomic E-state index is 11.6. The molecule has 5 nitrogen and oxygen atoms in total. The smallest absolute Gasteiger partial charge is 0.315 e. The Labute approximate surface area is 123 Å². The van der Waals surface area contributed by atoms with Crippen molar-refractivity contribution in [3.05, 3.63) is 22.4 Å². The van der Waals surface area contributed by atoms with Crippen molar-refractivity contribution >= 4 is 23.3 Å². The molecule has 1 aromatic rings. The van der Waals surface area contributed by atoms with Gasteiger partial charge in [0.2, 0.25) is 0 Å². The number of amides is 2. The SMILES string of the molecule is CCC(CCNC(=O)NCc1cccs1)CCC(=O)O. The van der Waals surface area contributed by atoms with Gasteiger partial charge in [0.1, 0.15) is 0 Å². The Morgan fingerprint density at radius 3 is 2.75 bits per heavy atom. The Balaban J connectivity index is 2.11. The average Bonchev–Trinajstić information content (AvgIpc) is 2.93. The summed E-state index contributed by atoms with van der Waals surface area (Å²) in [6.07, 6.45) is 2.62. The Kier molecular flexibility index (Phi) is 7.72. The number of urea groups is 1. The maximum absolute atomic E-state index is 11.6. The number of hydrogen-bond acceptors (Lipinski definition) is 3. The van der Waals surface area contributed by atoms with Crippen molar-refractivity contribution in [2.24, 2.45) is 5.92 Å². The monoisotopic (exact) mass is 298 g/mol. The van der Waals surface area contributed by atoms with Crippen molar-refractivity contribution in [1.82, 2.24) is 10.6 Å². The third-order valence-electron chi connectivity index (χ3n) is 3.19. The van der Waals surface area contributed by atoms with E-state index in [0.717, 1.165) is 17.7 Å². The van der Waals surface area contributed by atoms with Crippen LogP contribution in [0.2, 0.25) is 0 Å². The lowest BCUT2D eigenvalue weighted by atomic mass is 9.97. The van der Waals surface area contributed by atoms with Gasteiger partial charge in [-0.05, 0) is 30.2 Å². The number of nitrogens with one attached hydrogen (secondary N) is 2. The molecule has 0 radical (unpaired) electrons.